The van der Waals surface area contributed by atoms with Gasteiger partial charge >= 0.3 is 0 Å². The number of imidazole rings is 1. The van der Waals surface area contributed by atoms with Crippen LogP contribution in [0.15, 0.2) is 12.4 Å². The zero-order valence-corrected chi connectivity index (χ0v) is 8.66. The van der Waals surface area contributed by atoms with E-state index in [1.807, 2.05) is 27.7 Å². The summed E-state index contributed by atoms with van der Waals surface area (Å²) < 4.78 is 1.64. The molecule has 72 valence electrons. The van der Waals surface area contributed by atoms with Gasteiger partial charge < -0.3 is 0 Å². The predicted octanol–water partition coefficient (Wildman–Crippen LogP) is 2.13. The highest BCUT2D eigenvalue weighted by molar-refractivity contribution is 5.84. The fraction of sp³-hybridized carbons (Fsp3) is 0.600. The second kappa shape index (κ2) is 3.32. The lowest BCUT2D eigenvalue weighted by Gasteiger charge is -2.17. The van der Waals surface area contributed by atoms with E-state index in [1.54, 1.807) is 17.0 Å². The summed E-state index contributed by atoms with van der Waals surface area (Å²) in [7, 11) is 0. The summed E-state index contributed by atoms with van der Waals surface area (Å²) in [4.78, 5) is 15.9. The molecule has 0 radical (unpaired) electrons. The first-order valence-corrected chi connectivity index (χ1v) is 4.54. The van der Waals surface area contributed by atoms with Gasteiger partial charge in [-0.1, -0.05) is 27.7 Å². The maximum atomic E-state index is 11.8. The molecule has 0 fully saturated rings. The minimum Gasteiger partial charge on any atom is -0.273 e. The lowest BCUT2D eigenvalue weighted by atomic mass is 9.95. The molecule has 0 aromatic carbocycles. The standard InChI is InChI=1S/C10H16N2O/c1-5-8-11-6-7-12(8)9(13)10(2,3)4/h6-7H,5H2,1-4H3. The second-order valence-electron chi connectivity index (χ2n) is 4.12. The molecule has 0 aliphatic rings. The summed E-state index contributed by atoms with van der Waals surface area (Å²) in [6, 6.07) is 0. The lowest BCUT2D eigenvalue weighted by molar-refractivity contribution is 0.0763. The van der Waals surface area contributed by atoms with Gasteiger partial charge in [0.25, 0.3) is 0 Å². The lowest BCUT2D eigenvalue weighted by Crippen LogP contribution is -2.27. The Balaban J connectivity index is 3.02. The molecule has 0 amide bonds. The molecule has 0 saturated heterocycles. The van der Waals surface area contributed by atoms with Crippen LogP contribution in [0.25, 0.3) is 0 Å². The number of hydrogen-bond acceptors (Lipinski definition) is 2. The largest absolute Gasteiger partial charge is 0.273 e. The van der Waals surface area contributed by atoms with Crippen molar-refractivity contribution < 1.29 is 4.79 Å². The summed E-state index contributed by atoms with van der Waals surface area (Å²) >= 11 is 0. The topological polar surface area (TPSA) is 34.9 Å². The van der Waals surface area contributed by atoms with Crippen molar-refractivity contribution in [2.24, 2.45) is 5.41 Å². The predicted molar refractivity (Wildman–Crippen MR) is 51.7 cm³/mol. The molecule has 0 aliphatic heterocycles. The van der Waals surface area contributed by atoms with Crippen LogP contribution in [0.3, 0.4) is 0 Å². The number of carbonyl (C=O) groups excluding carboxylic acids is 1. The molecule has 1 aromatic heterocycles. The van der Waals surface area contributed by atoms with Crippen molar-refractivity contribution in [2.75, 3.05) is 0 Å². The number of rotatable bonds is 1. The minimum atomic E-state index is -0.343. The molecule has 0 N–H and O–H groups in total. The number of hydrogen-bond donors (Lipinski definition) is 0. The number of aryl methyl sites for hydroxylation is 1. The van der Waals surface area contributed by atoms with Crippen molar-refractivity contribution in [2.45, 2.75) is 34.1 Å². The molecule has 0 saturated carbocycles. The second-order valence-corrected chi connectivity index (χ2v) is 4.12. The van der Waals surface area contributed by atoms with E-state index in [0.29, 0.717) is 0 Å². The molecule has 3 nitrogen and oxygen atoms in total. The van der Waals surface area contributed by atoms with Gasteiger partial charge in [0.2, 0.25) is 5.91 Å². The third-order valence-corrected chi connectivity index (χ3v) is 1.89. The van der Waals surface area contributed by atoms with Gasteiger partial charge in [-0.25, -0.2) is 4.98 Å². The van der Waals surface area contributed by atoms with Crippen LogP contribution in [0.5, 0.6) is 0 Å². The molecular weight excluding hydrogens is 164 g/mol. The minimum absolute atomic E-state index is 0.0989. The Hall–Kier alpha value is -1.12. The van der Waals surface area contributed by atoms with Crippen LogP contribution in [0.2, 0.25) is 0 Å². The fourth-order valence-electron chi connectivity index (χ4n) is 1.14. The SMILES string of the molecule is CCc1nccn1C(=O)C(C)(C)C. The zero-order valence-electron chi connectivity index (χ0n) is 8.66. The van der Waals surface area contributed by atoms with Gasteiger partial charge in [0.05, 0.1) is 0 Å². The summed E-state index contributed by atoms with van der Waals surface area (Å²) in [6.45, 7) is 7.73. The van der Waals surface area contributed by atoms with E-state index in [4.69, 9.17) is 0 Å². The highest BCUT2D eigenvalue weighted by Crippen LogP contribution is 2.17. The van der Waals surface area contributed by atoms with E-state index in [9.17, 15) is 4.79 Å². The Morgan fingerprint density at radius 2 is 2.15 bits per heavy atom. The van der Waals surface area contributed by atoms with Crippen LogP contribution >= 0.6 is 0 Å². The Kier molecular flexibility index (Phi) is 2.55. The molecular formula is C10H16N2O. The number of aromatic nitrogens is 2. The third kappa shape index (κ3) is 1.97. The maximum Gasteiger partial charge on any atom is 0.237 e. The molecule has 1 rings (SSSR count). The molecule has 1 aromatic rings. The summed E-state index contributed by atoms with van der Waals surface area (Å²) in [5, 5.41) is 0. The molecule has 0 bridgehead atoms. The van der Waals surface area contributed by atoms with E-state index >= 15 is 0 Å². The van der Waals surface area contributed by atoms with Crippen LogP contribution in [0, 0.1) is 5.41 Å². The van der Waals surface area contributed by atoms with Gasteiger partial charge in [0.1, 0.15) is 5.82 Å². The average Bonchev–Trinajstić information content (AvgIpc) is 2.48. The van der Waals surface area contributed by atoms with Gasteiger partial charge in [-0.2, -0.15) is 0 Å². The van der Waals surface area contributed by atoms with Gasteiger partial charge in [-0.15, -0.1) is 0 Å². The van der Waals surface area contributed by atoms with Crippen molar-refractivity contribution in [1.29, 1.82) is 0 Å². The van der Waals surface area contributed by atoms with Crippen LogP contribution in [-0.2, 0) is 6.42 Å². The van der Waals surface area contributed by atoms with Crippen molar-refractivity contribution in [3.8, 4) is 0 Å². The van der Waals surface area contributed by atoms with Gasteiger partial charge in [0.15, 0.2) is 0 Å². The molecule has 0 aliphatic carbocycles. The highest BCUT2D eigenvalue weighted by atomic mass is 16.2. The van der Waals surface area contributed by atoms with Gasteiger partial charge in [-0.3, -0.25) is 9.36 Å². The first kappa shape index (κ1) is 9.96. The van der Waals surface area contributed by atoms with Crippen LogP contribution in [0.4, 0.5) is 0 Å². The first-order valence-electron chi connectivity index (χ1n) is 4.54. The monoisotopic (exact) mass is 180 g/mol. The zero-order chi connectivity index (χ0) is 10.1. The molecule has 0 unspecified atom stereocenters. The van der Waals surface area contributed by atoms with Crippen molar-refractivity contribution in [3.63, 3.8) is 0 Å². The Labute approximate surface area is 78.8 Å². The third-order valence-electron chi connectivity index (χ3n) is 1.89. The molecule has 0 atom stereocenters. The van der Waals surface area contributed by atoms with Crippen molar-refractivity contribution in [3.05, 3.63) is 18.2 Å². The smallest absolute Gasteiger partial charge is 0.237 e. The first-order chi connectivity index (χ1) is 5.96. The van der Waals surface area contributed by atoms with E-state index in [1.165, 1.54) is 0 Å². The summed E-state index contributed by atoms with van der Waals surface area (Å²) in [5.74, 6) is 0.932. The van der Waals surface area contributed by atoms with Crippen LogP contribution < -0.4 is 0 Å². The number of carbonyl (C=O) groups is 1. The fourth-order valence-corrected chi connectivity index (χ4v) is 1.14. The van der Waals surface area contributed by atoms with Crippen LogP contribution in [-0.4, -0.2) is 15.5 Å². The van der Waals surface area contributed by atoms with Gasteiger partial charge in [-0.05, 0) is 0 Å². The summed E-state index contributed by atoms with van der Waals surface area (Å²) in [5.41, 5.74) is -0.343. The van der Waals surface area contributed by atoms with E-state index in [2.05, 4.69) is 4.98 Å². The quantitative estimate of drug-likeness (QED) is 0.663. The molecule has 1 heterocycles. The van der Waals surface area contributed by atoms with E-state index in [0.717, 1.165) is 12.2 Å². The Bertz CT molecular complexity index is 307. The molecule has 0 spiro atoms. The number of nitrogens with zero attached hydrogens (tertiary/aromatic N) is 2. The van der Waals surface area contributed by atoms with Crippen molar-refractivity contribution >= 4 is 5.91 Å². The van der Waals surface area contributed by atoms with E-state index in [-0.39, 0.29) is 11.3 Å². The summed E-state index contributed by atoms with van der Waals surface area (Å²) in [6.07, 6.45) is 4.18. The van der Waals surface area contributed by atoms with Crippen molar-refractivity contribution in [1.82, 2.24) is 9.55 Å². The average molecular weight is 180 g/mol. The Morgan fingerprint density at radius 1 is 1.54 bits per heavy atom. The van der Waals surface area contributed by atoms with Gasteiger partial charge in [0, 0.05) is 24.2 Å². The maximum absolute atomic E-state index is 11.8. The Morgan fingerprint density at radius 3 is 2.62 bits per heavy atom. The molecule has 13 heavy (non-hydrogen) atoms. The normalized spacial score (nSPS) is 11.7. The highest BCUT2D eigenvalue weighted by Gasteiger charge is 2.24. The van der Waals surface area contributed by atoms with E-state index < -0.39 is 0 Å². The van der Waals surface area contributed by atoms with Crippen LogP contribution in [0.1, 0.15) is 38.3 Å². The molecule has 3 heteroatoms.